The molecule has 0 unspecified atom stereocenters. The highest BCUT2D eigenvalue weighted by molar-refractivity contribution is 6.30. The van der Waals surface area contributed by atoms with Crippen molar-refractivity contribution in [1.29, 1.82) is 0 Å². The molecule has 32 heavy (non-hydrogen) atoms. The van der Waals surface area contributed by atoms with Gasteiger partial charge in [0.25, 0.3) is 17.7 Å². The molecule has 6 nitrogen and oxygen atoms in total. The summed E-state index contributed by atoms with van der Waals surface area (Å²) in [4.78, 5) is 53.8. The minimum atomic E-state index is -0.992. The lowest BCUT2D eigenvalue weighted by Crippen LogP contribution is -2.57. The van der Waals surface area contributed by atoms with Gasteiger partial charge in [-0.25, -0.2) is 5.01 Å². The summed E-state index contributed by atoms with van der Waals surface area (Å²) in [6, 6.07) is 13.8. The van der Waals surface area contributed by atoms with Crippen molar-refractivity contribution in [2.45, 2.75) is 45.1 Å². The van der Waals surface area contributed by atoms with Crippen LogP contribution in [0.1, 0.15) is 59.7 Å². The fraction of sp³-hybridized carbons (Fsp3) is 0.360. The van der Waals surface area contributed by atoms with E-state index >= 15 is 0 Å². The van der Waals surface area contributed by atoms with E-state index in [-0.39, 0.29) is 29.6 Å². The summed E-state index contributed by atoms with van der Waals surface area (Å²) in [7, 11) is 0. The maximum atomic E-state index is 13.7. The van der Waals surface area contributed by atoms with E-state index in [2.05, 4.69) is 0 Å². The molecule has 4 rings (SSSR count). The van der Waals surface area contributed by atoms with Gasteiger partial charge < -0.3 is 0 Å². The smallest absolute Gasteiger partial charge is 0.273 e. The molecule has 2 aromatic rings. The van der Waals surface area contributed by atoms with Gasteiger partial charge in [-0.15, -0.1) is 0 Å². The molecule has 1 saturated heterocycles. The normalized spacial score (nSPS) is 21.2. The first-order valence-electron chi connectivity index (χ1n) is 11.0. The molecule has 1 saturated carbocycles. The average molecular weight is 453 g/mol. The molecule has 2 fully saturated rings. The van der Waals surface area contributed by atoms with Gasteiger partial charge in [-0.2, -0.15) is 5.01 Å². The minimum absolute atomic E-state index is 0.249. The van der Waals surface area contributed by atoms with Crippen LogP contribution < -0.4 is 0 Å². The highest BCUT2D eigenvalue weighted by atomic mass is 35.5. The first kappa shape index (κ1) is 22.2. The number of carbonyl (C=O) groups is 4. The second-order valence-electron chi connectivity index (χ2n) is 8.30. The maximum Gasteiger partial charge on any atom is 0.273 e. The van der Waals surface area contributed by atoms with Gasteiger partial charge in [-0.3, -0.25) is 19.2 Å². The van der Waals surface area contributed by atoms with Gasteiger partial charge in [0, 0.05) is 16.1 Å². The van der Waals surface area contributed by atoms with Gasteiger partial charge in [0.05, 0.1) is 11.8 Å². The van der Waals surface area contributed by atoms with E-state index in [4.69, 9.17) is 11.6 Å². The van der Waals surface area contributed by atoms with Crippen LogP contribution >= 0.6 is 11.6 Å². The number of amides is 3. The Bertz CT molecular complexity index is 1010. The predicted octanol–water partition coefficient (Wildman–Crippen LogP) is 4.53. The molecule has 2 aliphatic rings. The third-order valence-electron chi connectivity index (χ3n) is 6.38. The molecular formula is C25H25ClN2O4. The second-order valence-corrected chi connectivity index (χ2v) is 8.73. The molecule has 0 bridgehead atoms. The van der Waals surface area contributed by atoms with E-state index < -0.39 is 23.8 Å². The molecular weight excluding hydrogens is 428 g/mol. The zero-order chi connectivity index (χ0) is 22.8. The van der Waals surface area contributed by atoms with Crippen LogP contribution in [-0.4, -0.2) is 39.6 Å². The van der Waals surface area contributed by atoms with Crippen LogP contribution in [0.5, 0.6) is 0 Å². The Kier molecular flexibility index (Phi) is 6.42. The van der Waals surface area contributed by atoms with Crippen molar-refractivity contribution in [1.82, 2.24) is 10.0 Å². The van der Waals surface area contributed by atoms with Gasteiger partial charge in [-0.05, 0) is 43.5 Å². The van der Waals surface area contributed by atoms with Crippen molar-refractivity contribution in [2.24, 2.45) is 11.8 Å². The van der Waals surface area contributed by atoms with Crippen LogP contribution in [0.3, 0.4) is 0 Å². The number of rotatable bonds is 6. The number of carbonyl (C=O) groups excluding carboxylic acids is 4. The number of hydrogen-bond donors (Lipinski definition) is 0. The third kappa shape index (κ3) is 3.95. The van der Waals surface area contributed by atoms with Gasteiger partial charge >= 0.3 is 0 Å². The van der Waals surface area contributed by atoms with Crippen molar-refractivity contribution >= 4 is 35.1 Å². The monoisotopic (exact) mass is 452 g/mol. The van der Waals surface area contributed by atoms with Crippen LogP contribution in [0.25, 0.3) is 0 Å². The molecule has 3 amide bonds. The molecule has 0 aromatic heterocycles. The summed E-state index contributed by atoms with van der Waals surface area (Å²) < 4.78 is 0. The molecule has 0 N–H and O–H groups in total. The highest BCUT2D eigenvalue weighted by Crippen LogP contribution is 2.39. The van der Waals surface area contributed by atoms with Crippen molar-refractivity contribution in [2.75, 3.05) is 0 Å². The van der Waals surface area contributed by atoms with Gasteiger partial charge in [0.1, 0.15) is 6.04 Å². The summed E-state index contributed by atoms with van der Waals surface area (Å²) in [5.41, 5.74) is 0.675. The Morgan fingerprint density at radius 1 is 0.938 bits per heavy atom. The first-order valence-corrected chi connectivity index (χ1v) is 11.4. The molecule has 0 spiro atoms. The standard InChI is InChI=1S/C25H25ClN2O4/c1-2-21(22(29)16-8-4-3-5-9-16)27(23(30)17-12-14-18(26)15-13-17)28-24(31)19-10-6-7-11-20(19)25(28)32/h3-5,8-9,12-15,19-21H,2,6-7,10-11H2,1H3/t19-,20-,21-/m1/s1. The Morgan fingerprint density at radius 2 is 1.50 bits per heavy atom. The van der Waals surface area contributed by atoms with Gasteiger partial charge in [0.15, 0.2) is 5.78 Å². The number of benzene rings is 2. The molecule has 1 heterocycles. The van der Waals surface area contributed by atoms with Gasteiger partial charge in [-0.1, -0.05) is 61.7 Å². The number of hydrazine groups is 1. The number of hydrogen-bond acceptors (Lipinski definition) is 4. The zero-order valence-electron chi connectivity index (χ0n) is 17.9. The van der Waals surface area contributed by atoms with Crippen LogP contribution in [0.2, 0.25) is 5.02 Å². The Labute approximate surface area is 192 Å². The van der Waals surface area contributed by atoms with Crippen LogP contribution in [0, 0.1) is 11.8 Å². The summed E-state index contributed by atoms with van der Waals surface area (Å²) in [6.07, 6.45) is 3.24. The first-order chi connectivity index (χ1) is 15.4. The number of Topliss-reactive ketones (excluding diaryl/α,β-unsaturated/α-hetero) is 1. The van der Waals surface area contributed by atoms with Crippen molar-refractivity contribution in [3.8, 4) is 0 Å². The average Bonchev–Trinajstić information content (AvgIpc) is 3.08. The van der Waals surface area contributed by atoms with E-state index in [1.807, 2.05) is 0 Å². The number of nitrogens with zero attached hydrogens (tertiary/aromatic N) is 2. The van der Waals surface area contributed by atoms with E-state index in [9.17, 15) is 19.2 Å². The predicted molar refractivity (Wildman–Crippen MR) is 120 cm³/mol. The molecule has 1 aliphatic carbocycles. The Hall–Kier alpha value is -2.99. The molecule has 1 aliphatic heterocycles. The molecule has 7 heteroatoms. The maximum absolute atomic E-state index is 13.7. The largest absolute Gasteiger partial charge is 0.292 e. The summed E-state index contributed by atoms with van der Waals surface area (Å²) in [5.74, 6) is -2.52. The highest BCUT2D eigenvalue weighted by Gasteiger charge is 2.53. The van der Waals surface area contributed by atoms with E-state index in [1.54, 1.807) is 49.4 Å². The number of fused-ring (bicyclic) bond motifs is 1. The second kappa shape index (κ2) is 9.25. The fourth-order valence-electron chi connectivity index (χ4n) is 4.72. The number of imide groups is 1. The van der Waals surface area contributed by atoms with Crippen molar-refractivity contribution < 1.29 is 19.2 Å². The number of ketones is 1. The van der Waals surface area contributed by atoms with Crippen LogP contribution in [0.15, 0.2) is 54.6 Å². The molecule has 0 radical (unpaired) electrons. The topological polar surface area (TPSA) is 74.8 Å². The zero-order valence-corrected chi connectivity index (χ0v) is 18.6. The lowest BCUT2D eigenvalue weighted by Gasteiger charge is -2.36. The van der Waals surface area contributed by atoms with Gasteiger partial charge in [0.2, 0.25) is 0 Å². The van der Waals surface area contributed by atoms with Crippen LogP contribution in [-0.2, 0) is 9.59 Å². The molecule has 2 aromatic carbocycles. The Morgan fingerprint density at radius 3 is 2.03 bits per heavy atom. The SMILES string of the molecule is CC[C@H](C(=O)c1ccccc1)N(C(=O)c1ccc(Cl)cc1)N1C(=O)[C@@H]2CCCC[C@H]2C1=O. The quantitative estimate of drug-likeness (QED) is 0.476. The van der Waals surface area contributed by atoms with E-state index in [1.165, 1.54) is 12.1 Å². The third-order valence-corrected chi connectivity index (χ3v) is 6.63. The van der Waals surface area contributed by atoms with Crippen molar-refractivity contribution in [3.63, 3.8) is 0 Å². The fourth-order valence-corrected chi connectivity index (χ4v) is 4.84. The van der Waals surface area contributed by atoms with E-state index in [0.29, 0.717) is 23.4 Å². The van der Waals surface area contributed by atoms with Crippen molar-refractivity contribution in [3.05, 3.63) is 70.7 Å². The minimum Gasteiger partial charge on any atom is -0.292 e. The van der Waals surface area contributed by atoms with Crippen LogP contribution in [0.4, 0.5) is 0 Å². The summed E-state index contributed by atoms with van der Waals surface area (Å²) in [5, 5.41) is 2.52. The molecule has 166 valence electrons. The summed E-state index contributed by atoms with van der Waals surface area (Å²) in [6.45, 7) is 1.77. The number of halogens is 1. The lowest BCUT2D eigenvalue weighted by molar-refractivity contribution is -0.156. The lowest BCUT2D eigenvalue weighted by atomic mass is 9.81. The summed E-state index contributed by atoms with van der Waals surface area (Å²) >= 11 is 5.97. The Balaban J connectivity index is 1.78. The molecule has 3 atom stereocenters. The van der Waals surface area contributed by atoms with E-state index in [0.717, 1.165) is 22.9 Å².